The normalized spacial score (nSPS) is 17.9. The monoisotopic (exact) mass is 339 g/mol. The van der Waals surface area contributed by atoms with Crippen LogP contribution in [0.3, 0.4) is 0 Å². The summed E-state index contributed by atoms with van der Waals surface area (Å²) in [5.74, 6) is 1.36. The van der Waals surface area contributed by atoms with Gasteiger partial charge in [0.2, 0.25) is 0 Å². The lowest BCUT2D eigenvalue weighted by molar-refractivity contribution is 0.163. The van der Waals surface area contributed by atoms with Crippen LogP contribution in [0.2, 0.25) is 0 Å². The van der Waals surface area contributed by atoms with Gasteiger partial charge >= 0.3 is 0 Å². The van der Waals surface area contributed by atoms with Crippen molar-refractivity contribution in [2.24, 2.45) is 11.8 Å². The van der Waals surface area contributed by atoms with Crippen molar-refractivity contribution in [1.82, 2.24) is 5.32 Å². The summed E-state index contributed by atoms with van der Waals surface area (Å²) in [5.41, 5.74) is 1.42. The fourth-order valence-corrected chi connectivity index (χ4v) is 3.03. The van der Waals surface area contributed by atoms with Gasteiger partial charge in [0, 0.05) is 24.2 Å². The smallest absolute Gasteiger partial charge is 0.0464 e. The van der Waals surface area contributed by atoms with Gasteiger partial charge in [-0.3, -0.25) is 0 Å². The van der Waals surface area contributed by atoms with E-state index in [1.165, 1.54) is 22.9 Å². The van der Waals surface area contributed by atoms with Crippen molar-refractivity contribution in [3.63, 3.8) is 0 Å². The van der Waals surface area contributed by atoms with Gasteiger partial charge in [-0.15, -0.1) is 0 Å². The summed E-state index contributed by atoms with van der Waals surface area (Å²) < 4.78 is 6.42. The van der Waals surface area contributed by atoms with Crippen molar-refractivity contribution in [3.05, 3.63) is 34.3 Å². The first-order valence-electron chi connectivity index (χ1n) is 7.65. The molecule has 1 aromatic carbocycles. The topological polar surface area (TPSA) is 21.3 Å². The van der Waals surface area contributed by atoms with Crippen LogP contribution >= 0.6 is 15.9 Å². The third kappa shape index (κ3) is 5.55. The summed E-state index contributed by atoms with van der Waals surface area (Å²) in [6.07, 6.45) is 5.00. The molecule has 1 aliphatic rings. The molecule has 2 rings (SSSR count). The molecule has 2 atom stereocenters. The molecule has 0 bridgehead atoms. The number of benzene rings is 1. The van der Waals surface area contributed by atoms with Crippen LogP contribution in [0, 0.1) is 11.8 Å². The average Bonchev–Trinajstić information content (AvgIpc) is 3.25. The van der Waals surface area contributed by atoms with Gasteiger partial charge in [-0.05, 0) is 61.8 Å². The SMILES string of the molecule is COCCC(C)C(CNC1CC1)Cc1cccc(Br)c1. The zero-order valence-corrected chi connectivity index (χ0v) is 14.2. The maximum absolute atomic E-state index is 5.24. The molecule has 0 amide bonds. The second-order valence-corrected chi connectivity index (χ2v) is 6.95. The molecule has 0 radical (unpaired) electrons. The Morgan fingerprint density at radius 2 is 2.20 bits per heavy atom. The number of halogens is 1. The van der Waals surface area contributed by atoms with E-state index in [1.54, 1.807) is 7.11 Å². The fraction of sp³-hybridized carbons (Fsp3) is 0.647. The molecule has 2 unspecified atom stereocenters. The molecule has 1 aromatic rings. The van der Waals surface area contributed by atoms with Gasteiger partial charge < -0.3 is 10.1 Å². The Hall–Kier alpha value is -0.380. The molecular weight excluding hydrogens is 314 g/mol. The summed E-state index contributed by atoms with van der Waals surface area (Å²) in [7, 11) is 1.79. The average molecular weight is 340 g/mol. The number of methoxy groups -OCH3 is 1. The van der Waals surface area contributed by atoms with Crippen LogP contribution in [0.15, 0.2) is 28.7 Å². The molecule has 0 saturated heterocycles. The molecule has 1 N–H and O–H groups in total. The molecule has 0 aromatic heterocycles. The van der Waals surface area contributed by atoms with Crippen molar-refractivity contribution in [3.8, 4) is 0 Å². The number of nitrogens with one attached hydrogen (secondary N) is 1. The highest BCUT2D eigenvalue weighted by Gasteiger charge is 2.24. The lowest BCUT2D eigenvalue weighted by Crippen LogP contribution is -2.30. The Morgan fingerprint density at radius 1 is 1.40 bits per heavy atom. The van der Waals surface area contributed by atoms with Gasteiger partial charge in [0.15, 0.2) is 0 Å². The highest BCUT2D eigenvalue weighted by molar-refractivity contribution is 9.10. The minimum Gasteiger partial charge on any atom is -0.385 e. The Kier molecular flexibility index (Phi) is 6.53. The maximum atomic E-state index is 5.24. The number of rotatable bonds is 9. The molecule has 1 fully saturated rings. The predicted octanol–water partition coefficient (Wildman–Crippen LogP) is 4.03. The second kappa shape index (κ2) is 8.16. The van der Waals surface area contributed by atoms with Crippen molar-refractivity contribution in [2.45, 2.75) is 38.6 Å². The van der Waals surface area contributed by atoms with Crippen molar-refractivity contribution < 1.29 is 4.74 Å². The third-order valence-corrected chi connectivity index (χ3v) is 4.71. The van der Waals surface area contributed by atoms with Crippen LogP contribution in [0.5, 0.6) is 0 Å². The molecular formula is C17H26BrNO. The summed E-state index contributed by atoms with van der Waals surface area (Å²) in [6, 6.07) is 9.49. The van der Waals surface area contributed by atoms with Gasteiger partial charge in [-0.25, -0.2) is 0 Å². The summed E-state index contributed by atoms with van der Waals surface area (Å²) in [5, 5.41) is 3.70. The molecule has 2 nitrogen and oxygen atoms in total. The van der Waals surface area contributed by atoms with Crippen LogP contribution in [-0.2, 0) is 11.2 Å². The van der Waals surface area contributed by atoms with Crippen molar-refractivity contribution in [2.75, 3.05) is 20.3 Å². The predicted molar refractivity (Wildman–Crippen MR) is 88.0 cm³/mol. The molecule has 20 heavy (non-hydrogen) atoms. The van der Waals surface area contributed by atoms with E-state index < -0.39 is 0 Å². The maximum Gasteiger partial charge on any atom is 0.0464 e. The standard InChI is InChI=1S/C17H26BrNO/c1-13(8-9-20-2)15(12-19-17-6-7-17)10-14-4-3-5-16(18)11-14/h3-5,11,13,15,17,19H,6-10,12H2,1-2H3. The molecule has 0 aliphatic heterocycles. The van der Waals surface area contributed by atoms with Gasteiger partial charge in [-0.1, -0.05) is 35.0 Å². The third-order valence-electron chi connectivity index (χ3n) is 4.22. The van der Waals surface area contributed by atoms with E-state index in [0.717, 1.165) is 32.0 Å². The zero-order valence-electron chi connectivity index (χ0n) is 12.6. The van der Waals surface area contributed by atoms with E-state index in [1.807, 2.05) is 0 Å². The van der Waals surface area contributed by atoms with Gasteiger partial charge in [-0.2, -0.15) is 0 Å². The Balaban J connectivity index is 1.92. The van der Waals surface area contributed by atoms with Crippen LogP contribution in [0.25, 0.3) is 0 Å². The van der Waals surface area contributed by atoms with Crippen LogP contribution in [-0.4, -0.2) is 26.3 Å². The lowest BCUT2D eigenvalue weighted by Gasteiger charge is -2.24. The number of ether oxygens (including phenoxy) is 1. The number of hydrogen-bond acceptors (Lipinski definition) is 2. The minimum absolute atomic E-state index is 0.681. The first kappa shape index (κ1) is 16.0. The molecule has 1 saturated carbocycles. The Morgan fingerprint density at radius 3 is 2.85 bits per heavy atom. The first-order chi connectivity index (χ1) is 9.69. The van der Waals surface area contributed by atoms with Crippen molar-refractivity contribution in [1.29, 1.82) is 0 Å². The zero-order chi connectivity index (χ0) is 14.4. The van der Waals surface area contributed by atoms with Gasteiger partial charge in [0.1, 0.15) is 0 Å². The molecule has 0 heterocycles. The van der Waals surface area contributed by atoms with Crippen LogP contribution in [0.4, 0.5) is 0 Å². The Bertz CT molecular complexity index is 406. The molecule has 0 spiro atoms. The Labute approximate surface area is 131 Å². The van der Waals surface area contributed by atoms with E-state index >= 15 is 0 Å². The summed E-state index contributed by atoms with van der Waals surface area (Å²) in [4.78, 5) is 0. The van der Waals surface area contributed by atoms with E-state index in [9.17, 15) is 0 Å². The minimum atomic E-state index is 0.681. The molecule has 3 heteroatoms. The molecule has 112 valence electrons. The largest absolute Gasteiger partial charge is 0.385 e. The summed E-state index contributed by atoms with van der Waals surface area (Å²) >= 11 is 3.57. The number of hydrogen-bond donors (Lipinski definition) is 1. The van der Waals surface area contributed by atoms with Crippen LogP contribution < -0.4 is 5.32 Å². The van der Waals surface area contributed by atoms with Crippen LogP contribution in [0.1, 0.15) is 31.7 Å². The fourth-order valence-electron chi connectivity index (χ4n) is 2.59. The summed E-state index contributed by atoms with van der Waals surface area (Å²) in [6.45, 7) is 4.35. The van der Waals surface area contributed by atoms with Crippen molar-refractivity contribution >= 4 is 15.9 Å². The van der Waals surface area contributed by atoms with E-state index in [2.05, 4.69) is 52.4 Å². The second-order valence-electron chi connectivity index (χ2n) is 6.04. The first-order valence-corrected chi connectivity index (χ1v) is 8.45. The quantitative estimate of drug-likeness (QED) is 0.733. The molecule has 1 aliphatic carbocycles. The highest BCUT2D eigenvalue weighted by Crippen LogP contribution is 2.24. The van der Waals surface area contributed by atoms with Gasteiger partial charge in [0.05, 0.1) is 0 Å². The van der Waals surface area contributed by atoms with E-state index in [0.29, 0.717) is 11.8 Å². The highest BCUT2D eigenvalue weighted by atomic mass is 79.9. The van der Waals surface area contributed by atoms with E-state index in [4.69, 9.17) is 4.74 Å². The van der Waals surface area contributed by atoms with E-state index in [-0.39, 0.29) is 0 Å². The lowest BCUT2D eigenvalue weighted by atomic mass is 9.86. The van der Waals surface area contributed by atoms with Gasteiger partial charge in [0.25, 0.3) is 0 Å².